The van der Waals surface area contributed by atoms with Crippen molar-refractivity contribution >= 4 is 17.8 Å². The molecule has 2 heterocycles. The average Bonchev–Trinajstić information content (AvgIpc) is 3.32. The summed E-state index contributed by atoms with van der Waals surface area (Å²) in [6, 6.07) is 6.49. The zero-order chi connectivity index (χ0) is 22.7. The van der Waals surface area contributed by atoms with Gasteiger partial charge in [-0.05, 0) is 18.9 Å². The summed E-state index contributed by atoms with van der Waals surface area (Å²) < 4.78 is 7.32. The van der Waals surface area contributed by atoms with Crippen LogP contribution in [0.25, 0.3) is 0 Å². The van der Waals surface area contributed by atoms with Crippen LogP contribution >= 0.6 is 0 Å². The molecule has 1 saturated heterocycles. The number of carbonyl (C=O) groups excluding carboxylic acids is 3. The van der Waals surface area contributed by atoms with Crippen LogP contribution in [0.15, 0.2) is 36.7 Å². The van der Waals surface area contributed by atoms with Crippen molar-refractivity contribution in [2.24, 2.45) is 7.05 Å². The second-order valence-corrected chi connectivity index (χ2v) is 8.42. The number of nitrogens with zero attached hydrogens (tertiary/aromatic N) is 3. The highest BCUT2D eigenvalue weighted by molar-refractivity contribution is 6.07. The van der Waals surface area contributed by atoms with E-state index in [4.69, 9.17) is 4.74 Å². The molecule has 0 bridgehead atoms. The van der Waals surface area contributed by atoms with Crippen LogP contribution in [0.4, 0.5) is 4.79 Å². The fourth-order valence-electron chi connectivity index (χ4n) is 4.66. The first kappa shape index (κ1) is 21.9. The van der Waals surface area contributed by atoms with Crippen molar-refractivity contribution in [2.45, 2.75) is 50.1 Å². The van der Waals surface area contributed by atoms with Gasteiger partial charge in [0.1, 0.15) is 23.2 Å². The molecule has 4 amide bonds. The zero-order valence-corrected chi connectivity index (χ0v) is 18.5. The van der Waals surface area contributed by atoms with Crippen molar-refractivity contribution < 1.29 is 19.1 Å². The highest BCUT2D eigenvalue weighted by Gasteiger charge is 2.51. The molecule has 1 saturated carbocycles. The number of ether oxygens (including phenoxy) is 1. The van der Waals surface area contributed by atoms with E-state index in [1.54, 1.807) is 19.5 Å². The molecule has 2 N–H and O–H groups in total. The monoisotopic (exact) mass is 439 g/mol. The Balaban J connectivity index is 1.47. The molecule has 9 heteroatoms. The number of nitrogens with one attached hydrogen (secondary N) is 2. The molecule has 1 aliphatic carbocycles. The number of rotatable bonds is 7. The summed E-state index contributed by atoms with van der Waals surface area (Å²) in [6.07, 6.45) is 7.72. The van der Waals surface area contributed by atoms with Gasteiger partial charge in [-0.3, -0.25) is 14.5 Å². The Hall–Kier alpha value is -3.36. The maximum atomic E-state index is 12.9. The topological polar surface area (TPSA) is 106 Å². The van der Waals surface area contributed by atoms with Gasteiger partial charge in [-0.2, -0.15) is 0 Å². The first-order valence-corrected chi connectivity index (χ1v) is 11.0. The van der Waals surface area contributed by atoms with E-state index < -0.39 is 17.6 Å². The third-order valence-corrected chi connectivity index (χ3v) is 6.39. The number of hydrogen-bond donors (Lipinski definition) is 2. The maximum absolute atomic E-state index is 12.9. The van der Waals surface area contributed by atoms with Gasteiger partial charge in [-0.25, -0.2) is 9.78 Å². The highest BCUT2D eigenvalue weighted by Crippen LogP contribution is 2.34. The van der Waals surface area contributed by atoms with Gasteiger partial charge < -0.3 is 19.9 Å². The van der Waals surface area contributed by atoms with Crippen molar-refractivity contribution in [2.75, 3.05) is 13.7 Å². The predicted octanol–water partition coefficient (Wildman–Crippen LogP) is 2.28. The number of imidazole rings is 1. The first-order chi connectivity index (χ1) is 15.4. The molecule has 9 nitrogen and oxygen atoms in total. The second kappa shape index (κ2) is 9.02. The van der Waals surface area contributed by atoms with E-state index in [0.29, 0.717) is 24.4 Å². The molecule has 1 atom stereocenters. The molecular weight excluding hydrogens is 410 g/mol. The number of carbonyl (C=O) groups is 3. The Labute approximate surface area is 187 Å². The summed E-state index contributed by atoms with van der Waals surface area (Å²) in [5.74, 6) is 0.794. The number of para-hydroxylation sites is 1. The number of imide groups is 1. The number of hydrogen-bond acceptors (Lipinski definition) is 5. The van der Waals surface area contributed by atoms with Crippen LogP contribution in [0.2, 0.25) is 0 Å². The van der Waals surface area contributed by atoms with Gasteiger partial charge in [0, 0.05) is 38.0 Å². The van der Waals surface area contributed by atoms with Crippen LogP contribution in [0, 0.1) is 0 Å². The van der Waals surface area contributed by atoms with Gasteiger partial charge in [-0.15, -0.1) is 0 Å². The van der Waals surface area contributed by atoms with E-state index in [0.717, 1.165) is 24.8 Å². The van der Waals surface area contributed by atoms with Crippen LogP contribution in [0.3, 0.4) is 0 Å². The number of aryl methyl sites for hydroxylation is 1. The zero-order valence-electron chi connectivity index (χ0n) is 18.5. The quantitative estimate of drug-likeness (QED) is 0.644. The Bertz CT molecular complexity index is 1010. The van der Waals surface area contributed by atoms with Gasteiger partial charge in [0.25, 0.3) is 5.91 Å². The summed E-state index contributed by atoms with van der Waals surface area (Å²) in [5, 5.41) is 5.88. The minimum absolute atomic E-state index is 0.00527. The Morgan fingerprint density at radius 1 is 1.25 bits per heavy atom. The summed E-state index contributed by atoms with van der Waals surface area (Å²) >= 11 is 0. The largest absolute Gasteiger partial charge is 0.496 e. The lowest BCUT2D eigenvalue weighted by atomic mass is 9.82. The SMILES string of the molecule is COc1ccccc1[C@H](NC(=O)CCN1C(=O)NC2(CCCCC2)C1=O)c1nccn1C. The summed E-state index contributed by atoms with van der Waals surface area (Å²) in [6.45, 7) is 0.0391. The second-order valence-electron chi connectivity index (χ2n) is 8.42. The Morgan fingerprint density at radius 2 is 2.00 bits per heavy atom. The van der Waals surface area contributed by atoms with Crippen LogP contribution < -0.4 is 15.4 Å². The minimum Gasteiger partial charge on any atom is -0.496 e. The first-order valence-electron chi connectivity index (χ1n) is 11.0. The number of urea groups is 1. The Kier molecular flexibility index (Phi) is 6.16. The molecule has 1 spiro atoms. The molecule has 0 unspecified atom stereocenters. The normalized spacial score (nSPS) is 18.5. The van der Waals surface area contributed by atoms with Crippen molar-refractivity contribution in [3.63, 3.8) is 0 Å². The lowest BCUT2D eigenvalue weighted by Crippen LogP contribution is -2.48. The van der Waals surface area contributed by atoms with E-state index in [-0.39, 0.29) is 24.8 Å². The smallest absolute Gasteiger partial charge is 0.325 e. The fourth-order valence-corrected chi connectivity index (χ4v) is 4.66. The van der Waals surface area contributed by atoms with Gasteiger partial charge in [-0.1, -0.05) is 37.5 Å². The number of methoxy groups -OCH3 is 1. The summed E-state index contributed by atoms with van der Waals surface area (Å²) in [5.41, 5.74) is -0.00702. The van der Waals surface area contributed by atoms with Crippen molar-refractivity contribution in [3.8, 4) is 5.75 Å². The van der Waals surface area contributed by atoms with Gasteiger partial charge >= 0.3 is 6.03 Å². The van der Waals surface area contributed by atoms with Crippen LogP contribution in [-0.4, -0.2) is 51.5 Å². The molecule has 4 rings (SSSR count). The molecule has 1 aromatic carbocycles. The van der Waals surface area contributed by atoms with E-state index in [1.165, 1.54) is 4.90 Å². The van der Waals surface area contributed by atoms with Crippen LogP contribution in [-0.2, 0) is 16.6 Å². The van der Waals surface area contributed by atoms with E-state index in [9.17, 15) is 14.4 Å². The molecule has 0 radical (unpaired) electrons. The van der Waals surface area contributed by atoms with Crippen molar-refractivity contribution in [1.29, 1.82) is 0 Å². The third-order valence-electron chi connectivity index (χ3n) is 6.39. The highest BCUT2D eigenvalue weighted by atomic mass is 16.5. The number of benzene rings is 1. The van der Waals surface area contributed by atoms with Crippen LogP contribution in [0.1, 0.15) is 56.0 Å². The van der Waals surface area contributed by atoms with E-state index in [2.05, 4.69) is 15.6 Å². The standard InChI is InChI=1S/C23H29N5O4/c1-27-15-13-24-20(27)19(16-8-4-5-9-17(16)32-2)25-18(29)10-14-28-21(30)23(26-22(28)31)11-6-3-7-12-23/h4-5,8-9,13,15,19H,3,6-7,10-12,14H2,1-2H3,(H,25,29)(H,26,31)/t19-/m0/s1. The molecule has 32 heavy (non-hydrogen) atoms. The summed E-state index contributed by atoms with van der Waals surface area (Å²) in [7, 11) is 3.43. The summed E-state index contributed by atoms with van der Waals surface area (Å²) in [4.78, 5) is 43.9. The lowest BCUT2D eigenvalue weighted by molar-refractivity contribution is -0.132. The van der Waals surface area contributed by atoms with Crippen molar-refractivity contribution in [3.05, 3.63) is 48.0 Å². The Morgan fingerprint density at radius 3 is 2.69 bits per heavy atom. The van der Waals surface area contributed by atoms with E-state index in [1.807, 2.05) is 35.9 Å². The molecule has 2 aromatic rings. The molecular formula is C23H29N5O4. The average molecular weight is 440 g/mol. The number of amides is 4. The van der Waals surface area contributed by atoms with Gasteiger partial charge in [0.05, 0.1) is 7.11 Å². The molecule has 1 aromatic heterocycles. The molecule has 170 valence electrons. The van der Waals surface area contributed by atoms with Crippen molar-refractivity contribution in [1.82, 2.24) is 25.1 Å². The molecule has 1 aliphatic heterocycles. The van der Waals surface area contributed by atoms with Crippen LogP contribution in [0.5, 0.6) is 5.75 Å². The third kappa shape index (κ3) is 4.06. The van der Waals surface area contributed by atoms with Gasteiger partial charge in [0.2, 0.25) is 5.91 Å². The predicted molar refractivity (Wildman–Crippen MR) is 117 cm³/mol. The fraction of sp³-hybridized carbons (Fsp3) is 0.478. The molecule has 2 aliphatic rings. The minimum atomic E-state index is -0.779. The molecule has 2 fully saturated rings. The van der Waals surface area contributed by atoms with Gasteiger partial charge in [0.15, 0.2) is 0 Å². The van der Waals surface area contributed by atoms with E-state index >= 15 is 0 Å². The number of aromatic nitrogens is 2. The lowest BCUT2D eigenvalue weighted by Gasteiger charge is -2.30. The maximum Gasteiger partial charge on any atom is 0.325 e.